The zero-order valence-corrected chi connectivity index (χ0v) is 10.9. The SMILES string of the molecule is CN1CCn2c(-c3cccc(F)c3)nc(CN)c2C1. The highest BCUT2D eigenvalue weighted by Crippen LogP contribution is 2.26. The minimum absolute atomic E-state index is 0.239. The van der Waals surface area contributed by atoms with Gasteiger partial charge in [0.25, 0.3) is 0 Å². The van der Waals surface area contributed by atoms with Gasteiger partial charge < -0.3 is 10.3 Å². The third-order valence-corrected chi connectivity index (χ3v) is 3.56. The lowest BCUT2D eigenvalue weighted by Crippen LogP contribution is -2.31. The summed E-state index contributed by atoms with van der Waals surface area (Å²) in [6.07, 6.45) is 0. The summed E-state index contributed by atoms with van der Waals surface area (Å²) in [5.74, 6) is 0.583. The van der Waals surface area contributed by atoms with E-state index in [9.17, 15) is 4.39 Å². The van der Waals surface area contributed by atoms with E-state index in [1.54, 1.807) is 6.07 Å². The van der Waals surface area contributed by atoms with E-state index in [1.165, 1.54) is 12.1 Å². The Morgan fingerprint density at radius 1 is 1.37 bits per heavy atom. The predicted molar refractivity (Wildman–Crippen MR) is 71.8 cm³/mol. The van der Waals surface area contributed by atoms with Crippen LogP contribution in [0.2, 0.25) is 0 Å². The van der Waals surface area contributed by atoms with Crippen LogP contribution in [0.15, 0.2) is 24.3 Å². The molecule has 0 unspecified atom stereocenters. The van der Waals surface area contributed by atoms with Crippen molar-refractivity contribution in [1.82, 2.24) is 14.5 Å². The van der Waals surface area contributed by atoms with Crippen LogP contribution in [0.1, 0.15) is 11.4 Å². The van der Waals surface area contributed by atoms with Crippen LogP contribution >= 0.6 is 0 Å². The molecule has 1 aromatic carbocycles. The first-order chi connectivity index (χ1) is 9.19. The van der Waals surface area contributed by atoms with Crippen molar-refractivity contribution in [2.45, 2.75) is 19.6 Å². The predicted octanol–water partition coefficient (Wildman–Crippen LogP) is 1.59. The van der Waals surface area contributed by atoms with Gasteiger partial charge >= 0.3 is 0 Å². The Morgan fingerprint density at radius 3 is 2.95 bits per heavy atom. The van der Waals surface area contributed by atoms with Crippen LogP contribution in [0.25, 0.3) is 11.4 Å². The fourth-order valence-electron chi connectivity index (χ4n) is 2.57. The van der Waals surface area contributed by atoms with E-state index >= 15 is 0 Å². The van der Waals surface area contributed by atoms with E-state index in [-0.39, 0.29) is 5.82 Å². The van der Waals surface area contributed by atoms with E-state index < -0.39 is 0 Å². The van der Waals surface area contributed by atoms with Crippen molar-refractivity contribution in [2.75, 3.05) is 13.6 Å². The molecule has 1 aromatic heterocycles. The van der Waals surface area contributed by atoms with Gasteiger partial charge in [0.1, 0.15) is 11.6 Å². The van der Waals surface area contributed by atoms with Crippen LogP contribution in [0, 0.1) is 5.82 Å². The molecule has 2 heterocycles. The molecule has 0 saturated carbocycles. The van der Waals surface area contributed by atoms with Gasteiger partial charge in [0.15, 0.2) is 0 Å². The second-order valence-corrected chi connectivity index (χ2v) is 4.93. The molecule has 2 aromatic rings. The quantitative estimate of drug-likeness (QED) is 0.892. The number of rotatable bonds is 2. The summed E-state index contributed by atoms with van der Waals surface area (Å²) >= 11 is 0. The normalized spacial score (nSPS) is 15.5. The number of benzene rings is 1. The minimum atomic E-state index is -0.239. The Bertz CT molecular complexity index is 605. The molecule has 0 fully saturated rings. The van der Waals surface area contributed by atoms with Crippen molar-refractivity contribution in [1.29, 1.82) is 0 Å². The van der Waals surface area contributed by atoms with E-state index in [1.807, 2.05) is 6.07 Å². The van der Waals surface area contributed by atoms with Gasteiger partial charge in [-0.05, 0) is 19.2 Å². The van der Waals surface area contributed by atoms with Gasteiger partial charge in [-0.2, -0.15) is 0 Å². The smallest absolute Gasteiger partial charge is 0.140 e. The zero-order valence-electron chi connectivity index (χ0n) is 10.9. The Morgan fingerprint density at radius 2 is 2.21 bits per heavy atom. The van der Waals surface area contributed by atoms with Crippen molar-refractivity contribution < 1.29 is 4.39 Å². The van der Waals surface area contributed by atoms with Gasteiger partial charge in [-0.25, -0.2) is 9.37 Å². The number of aromatic nitrogens is 2. The van der Waals surface area contributed by atoms with Gasteiger partial charge in [-0.3, -0.25) is 4.90 Å². The molecule has 0 radical (unpaired) electrons. The number of likely N-dealkylation sites (N-methyl/N-ethyl adjacent to an activating group) is 1. The molecule has 0 spiro atoms. The van der Waals surface area contributed by atoms with Gasteiger partial charge in [0.2, 0.25) is 0 Å². The molecule has 2 N–H and O–H groups in total. The Balaban J connectivity index is 2.12. The van der Waals surface area contributed by atoms with Crippen LogP contribution in [0.5, 0.6) is 0 Å². The largest absolute Gasteiger partial charge is 0.325 e. The van der Waals surface area contributed by atoms with Crippen molar-refractivity contribution >= 4 is 0 Å². The summed E-state index contributed by atoms with van der Waals surface area (Å²) < 4.78 is 15.5. The molecule has 0 bridgehead atoms. The van der Waals surface area contributed by atoms with Gasteiger partial charge in [-0.1, -0.05) is 12.1 Å². The monoisotopic (exact) mass is 260 g/mol. The van der Waals surface area contributed by atoms with Crippen LogP contribution in [-0.4, -0.2) is 28.0 Å². The molecule has 1 aliphatic rings. The summed E-state index contributed by atoms with van der Waals surface area (Å²) in [6.45, 7) is 3.09. The number of nitrogens with zero attached hydrogens (tertiary/aromatic N) is 3. The van der Waals surface area contributed by atoms with Gasteiger partial charge in [0.05, 0.1) is 11.4 Å². The van der Waals surface area contributed by atoms with Crippen LogP contribution in [0.4, 0.5) is 4.39 Å². The number of imidazole rings is 1. The summed E-state index contributed by atoms with van der Waals surface area (Å²) in [7, 11) is 2.08. The lowest BCUT2D eigenvalue weighted by molar-refractivity contribution is 0.270. The van der Waals surface area contributed by atoms with Crippen molar-refractivity contribution in [3.05, 3.63) is 41.5 Å². The van der Waals surface area contributed by atoms with Crippen molar-refractivity contribution in [2.24, 2.45) is 5.73 Å². The van der Waals surface area contributed by atoms with E-state index in [4.69, 9.17) is 5.73 Å². The molecule has 0 atom stereocenters. The van der Waals surface area contributed by atoms with E-state index in [0.717, 1.165) is 42.4 Å². The summed E-state index contributed by atoms with van der Waals surface area (Å²) in [5, 5.41) is 0. The molecule has 1 aliphatic heterocycles. The number of nitrogens with two attached hydrogens (primary N) is 1. The highest BCUT2D eigenvalue weighted by Gasteiger charge is 2.22. The Kier molecular flexibility index (Phi) is 3.08. The zero-order chi connectivity index (χ0) is 13.4. The lowest BCUT2D eigenvalue weighted by Gasteiger charge is -2.25. The maximum absolute atomic E-state index is 13.4. The lowest BCUT2D eigenvalue weighted by atomic mass is 10.2. The van der Waals surface area contributed by atoms with Gasteiger partial charge in [0, 0.05) is 31.7 Å². The third-order valence-electron chi connectivity index (χ3n) is 3.56. The Labute approximate surface area is 111 Å². The molecule has 5 heteroatoms. The van der Waals surface area contributed by atoms with Crippen molar-refractivity contribution in [3.8, 4) is 11.4 Å². The average Bonchev–Trinajstić information content (AvgIpc) is 2.76. The Hall–Kier alpha value is -1.72. The van der Waals surface area contributed by atoms with Crippen LogP contribution < -0.4 is 5.73 Å². The van der Waals surface area contributed by atoms with Crippen LogP contribution in [-0.2, 0) is 19.6 Å². The minimum Gasteiger partial charge on any atom is -0.325 e. The molecule has 4 nitrogen and oxygen atoms in total. The van der Waals surface area contributed by atoms with Gasteiger partial charge in [-0.15, -0.1) is 0 Å². The first-order valence-corrected chi connectivity index (χ1v) is 6.42. The van der Waals surface area contributed by atoms with Crippen molar-refractivity contribution in [3.63, 3.8) is 0 Å². The topological polar surface area (TPSA) is 47.1 Å². The molecular formula is C14H17FN4. The van der Waals surface area contributed by atoms with E-state index in [2.05, 4.69) is 21.5 Å². The number of hydrogen-bond donors (Lipinski definition) is 1. The highest BCUT2D eigenvalue weighted by molar-refractivity contribution is 5.57. The maximum atomic E-state index is 13.4. The molecular weight excluding hydrogens is 243 g/mol. The first kappa shape index (κ1) is 12.3. The molecule has 100 valence electrons. The number of hydrogen-bond acceptors (Lipinski definition) is 3. The average molecular weight is 260 g/mol. The third kappa shape index (κ3) is 2.15. The molecule has 0 saturated heterocycles. The summed E-state index contributed by atoms with van der Waals surface area (Å²) in [4.78, 5) is 6.84. The number of halogens is 1. The molecule has 0 aliphatic carbocycles. The molecule has 0 amide bonds. The molecule has 3 rings (SSSR count). The first-order valence-electron chi connectivity index (χ1n) is 6.42. The fraction of sp³-hybridized carbons (Fsp3) is 0.357. The second-order valence-electron chi connectivity index (χ2n) is 4.93. The maximum Gasteiger partial charge on any atom is 0.140 e. The molecule has 19 heavy (non-hydrogen) atoms. The summed E-state index contributed by atoms with van der Waals surface area (Å²) in [6, 6.07) is 6.57. The second kappa shape index (κ2) is 4.75. The highest BCUT2D eigenvalue weighted by atomic mass is 19.1. The standard InChI is InChI=1S/C14H17FN4/c1-18-5-6-19-13(9-18)12(8-16)17-14(19)10-3-2-4-11(15)7-10/h2-4,7H,5-6,8-9,16H2,1H3. The summed E-state index contributed by atoms with van der Waals surface area (Å²) in [5.41, 5.74) is 8.64. The van der Waals surface area contributed by atoms with E-state index in [0.29, 0.717) is 6.54 Å². The van der Waals surface area contributed by atoms with Crippen LogP contribution in [0.3, 0.4) is 0 Å². The fourth-order valence-corrected chi connectivity index (χ4v) is 2.57. The number of fused-ring (bicyclic) bond motifs is 1.